The molecule has 0 spiro atoms. The third-order valence-electron chi connectivity index (χ3n) is 2.30. The van der Waals surface area contributed by atoms with E-state index in [-0.39, 0.29) is 5.69 Å². The van der Waals surface area contributed by atoms with Crippen molar-refractivity contribution >= 4 is 11.7 Å². The van der Waals surface area contributed by atoms with Crippen LogP contribution in [-0.2, 0) is 6.18 Å². The monoisotopic (exact) mass is 301 g/mol. The molecule has 0 bridgehead atoms. The molecular weight excluding hydrogens is 292 g/mol. The van der Waals surface area contributed by atoms with Crippen LogP contribution in [0.25, 0.3) is 0 Å². The summed E-state index contributed by atoms with van der Waals surface area (Å²) in [7, 11) is 0. The van der Waals surface area contributed by atoms with Crippen molar-refractivity contribution in [3.05, 3.63) is 29.3 Å². The highest BCUT2D eigenvalue weighted by atomic mass is 19.4. The predicted molar refractivity (Wildman–Crippen MR) is 57.6 cm³/mol. The number of carbonyl (C=O) groups is 1. The van der Waals surface area contributed by atoms with Gasteiger partial charge in [-0.05, 0) is 18.2 Å². The van der Waals surface area contributed by atoms with Gasteiger partial charge in [-0.1, -0.05) is 0 Å². The molecule has 0 aromatic heterocycles. The molecule has 0 radical (unpaired) electrons. The lowest BCUT2D eigenvalue weighted by Crippen LogP contribution is -2.16. The smallest absolute Gasteiger partial charge is 0.416 e. The summed E-state index contributed by atoms with van der Waals surface area (Å²) in [6.45, 7) is -0.630. The molecule has 0 saturated heterocycles. The largest absolute Gasteiger partial charge is 0.478 e. The van der Waals surface area contributed by atoms with Crippen LogP contribution in [0.15, 0.2) is 18.2 Å². The molecule has 0 atom stereocenters. The Morgan fingerprint density at radius 1 is 1.15 bits per heavy atom. The second-order valence-electron chi connectivity index (χ2n) is 3.86. The third kappa shape index (κ3) is 4.63. The lowest BCUT2D eigenvalue weighted by molar-refractivity contribution is -0.137. The van der Waals surface area contributed by atoms with E-state index in [1.54, 1.807) is 0 Å². The lowest BCUT2D eigenvalue weighted by atomic mass is 10.1. The molecule has 2 N–H and O–H groups in total. The minimum absolute atomic E-state index is 0.297. The molecule has 0 heterocycles. The fourth-order valence-electron chi connectivity index (χ4n) is 1.39. The van der Waals surface area contributed by atoms with Crippen molar-refractivity contribution in [1.82, 2.24) is 0 Å². The van der Waals surface area contributed by atoms with Crippen molar-refractivity contribution in [2.24, 2.45) is 0 Å². The highest BCUT2D eigenvalue weighted by molar-refractivity contribution is 5.94. The van der Waals surface area contributed by atoms with Crippen LogP contribution >= 0.6 is 0 Å². The average Bonchev–Trinajstić information content (AvgIpc) is 2.25. The fraction of sp³-hybridized carbons (Fsp3) is 0.364. The number of carboxylic acid groups (broad SMARTS) is 1. The summed E-state index contributed by atoms with van der Waals surface area (Å²) in [4.78, 5) is 10.8. The number of benzene rings is 1. The van der Waals surface area contributed by atoms with Crippen molar-refractivity contribution in [3.63, 3.8) is 0 Å². The number of carboxylic acids is 1. The molecule has 0 aliphatic rings. The Bertz CT molecular complexity index is 495. The van der Waals surface area contributed by atoms with Gasteiger partial charge in [0.05, 0.1) is 17.5 Å². The second-order valence-corrected chi connectivity index (χ2v) is 3.86. The minimum atomic E-state index is -4.73. The highest BCUT2D eigenvalue weighted by Gasteiger charge is 2.32. The van der Waals surface area contributed by atoms with Gasteiger partial charge < -0.3 is 10.4 Å². The van der Waals surface area contributed by atoms with Crippen LogP contribution in [0.2, 0.25) is 0 Å². The van der Waals surface area contributed by atoms with E-state index in [1.807, 2.05) is 0 Å². The van der Waals surface area contributed by atoms with Crippen molar-refractivity contribution in [2.75, 3.05) is 11.9 Å². The summed E-state index contributed by atoms with van der Waals surface area (Å²) in [6.07, 6.45) is -10.4. The molecule has 0 saturated carbocycles. The van der Waals surface area contributed by atoms with Crippen LogP contribution in [0.4, 0.5) is 32.0 Å². The SMILES string of the molecule is O=C(O)c1cc(C(F)(F)F)ccc1NCCC(F)(F)F. The summed E-state index contributed by atoms with van der Waals surface area (Å²) < 4.78 is 73.0. The zero-order chi connectivity index (χ0) is 15.6. The quantitative estimate of drug-likeness (QED) is 0.832. The first-order chi connectivity index (χ1) is 9.00. The van der Waals surface area contributed by atoms with Crippen LogP contribution in [0.3, 0.4) is 0 Å². The van der Waals surface area contributed by atoms with E-state index in [1.165, 1.54) is 0 Å². The van der Waals surface area contributed by atoms with Crippen molar-refractivity contribution in [1.29, 1.82) is 0 Å². The Balaban J connectivity index is 2.94. The molecule has 9 heteroatoms. The number of hydrogen-bond acceptors (Lipinski definition) is 2. The second kappa shape index (κ2) is 5.59. The first-order valence-corrected chi connectivity index (χ1v) is 5.26. The Morgan fingerprint density at radius 3 is 2.20 bits per heavy atom. The van der Waals surface area contributed by atoms with E-state index in [2.05, 4.69) is 5.32 Å². The maximum Gasteiger partial charge on any atom is 0.416 e. The van der Waals surface area contributed by atoms with Gasteiger partial charge in [0.15, 0.2) is 0 Å². The van der Waals surface area contributed by atoms with Crippen molar-refractivity contribution in [3.8, 4) is 0 Å². The number of aromatic carboxylic acids is 1. The summed E-state index contributed by atoms with van der Waals surface area (Å²) in [5.41, 5.74) is -2.21. The average molecular weight is 301 g/mol. The molecule has 1 rings (SSSR count). The third-order valence-corrected chi connectivity index (χ3v) is 2.30. The lowest BCUT2D eigenvalue weighted by Gasteiger charge is -2.13. The van der Waals surface area contributed by atoms with Crippen molar-refractivity contribution in [2.45, 2.75) is 18.8 Å². The van der Waals surface area contributed by atoms with Gasteiger partial charge >= 0.3 is 18.3 Å². The number of rotatable bonds is 4. The molecule has 1 aromatic rings. The van der Waals surface area contributed by atoms with E-state index in [0.29, 0.717) is 12.1 Å². The van der Waals surface area contributed by atoms with Gasteiger partial charge in [0.2, 0.25) is 0 Å². The molecular formula is C11H9F6NO2. The maximum atomic E-state index is 12.4. The van der Waals surface area contributed by atoms with E-state index < -0.39 is 42.4 Å². The predicted octanol–water partition coefficient (Wildman–Crippen LogP) is 3.77. The first-order valence-electron chi connectivity index (χ1n) is 5.26. The number of nitrogens with one attached hydrogen (secondary N) is 1. The van der Waals surface area contributed by atoms with Crippen LogP contribution < -0.4 is 5.32 Å². The molecule has 0 unspecified atom stereocenters. The zero-order valence-corrected chi connectivity index (χ0v) is 9.77. The minimum Gasteiger partial charge on any atom is -0.478 e. The van der Waals surface area contributed by atoms with Crippen molar-refractivity contribution < 1.29 is 36.2 Å². The standard InChI is InChI=1S/C11H9F6NO2/c12-10(13,14)3-4-18-8-2-1-6(11(15,16)17)5-7(8)9(19)20/h1-2,5,18H,3-4H2,(H,19,20). The molecule has 20 heavy (non-hydrogen) atoms. The summed E-state index contributed by atoms with van der Waals surface area (Å²) in [5, 5.41) is 10.9. The Labute approximate surface area is 109 Å². The van der Waals surface area contributed by atoms with Crippen LogP contribution in [0.1, 0.15) is 22.3 Å². The number of hydrogen-bond donors (Lipinski definition) is 2. The van der Waals surface area contributed by atoms with Gasteiger partial charge in [-0.3, -0.25) is 0 Å². The summed E-state index contributed by atoms with van der Waals surface area (Å²) >= 11 is 0. The fourth-order valence-corrected chi connectivity index (χ4v) is 1.39. The Hall–Kier alpha value is -1.93. The molecule has 1 aromatic carbocycles. The van der Waals surface area contributed by atoms with Gasteiger partial charge in [-0.25, -0.2) is 4.79 Å². The number of halogens is 6. The van der Waals surface area contributed by atoms with E-state index in [4.69, 9.17) is 5.11 Å². The normalized spacial score (nSPS) is 12.3. The van der Waals surface area contributed by atoms with Gasteiger partial charge in [-0.2, -0.15) is 26.3 Å². The van der Waals surface area contributed by atoms with E-state index >= 15 is 0 Å². The topological polar surface area (TPSA) is 49.3 Å². The zero-order valence-electron chi connectivity index (χ0n) is 9.77. The molecule has 112 valence electrons. The van der Waals surface area contributed by atoms with Gasteiger partial charge in [0.1, 0.15) is 0 Å². The first kappa shape index (κ1) is 16.1. The molecule has 3 nitrogen and oxygen atoms in total. The van der Waals surface area contributed by atoms with E-state index in [0.717, 1.165) is 6.07 Å². The highest BCUT2D eigenvalue weighted by Crippen LogP contribution is 2.32. The number of alkyl halides is 6. The van der Waals surface area contributed by atoms with Gasteiger partial charge in [0, 0.05) is 12.2 Å². The Kier molecular flexibility index (Phi) is 4.51. The van der Waals surface area contributed by atoms with E-state index in [9.17, 15) is 31.1 Å². The molecule has 0 amide bonds. The summed E-state index contributed by atoms with van der Waals surface area (Å²) in [5.74, 6) is -1.66. The Morgan fingerprint density at radius 2 is 1.75 bits per heavy atom. The van der Waals surface area contributed by atoms with Crippen LogP contribution in [0.5, 0.6) is 0 Å². The number of anilines is 1. The summed E-state index contributed by atoms with van der Waals surface area (Å²) in [6, 6.07) is 1.77. The molecule has 0 fully saturated rings. The molecule has 0 aliphatic heterocycles. The van der Waals surface area contributed by atoms with Gasteiger partial charge in [0.25, 0.3) is 0 Å². The maximum absolute atomic E-state index is 12.4. The molecule has 0 aliphatic carbocycles. The van der Waals surface area contributed by atoms with Crippen LogP contribution in [0, 0.1) is 0 Å². The van der Waals surface area contributed by atoms with Gasteiger partial charge in [-0.15, -0.1) is 0 Å². The van der Waals surface area contributed by atoms with Crippen LogP contribution in [-0.4, -0.2) is 23.8 Å².